The zero-order valence-electron chi connectivity index (χ0n) is 62.5. The number of hydrogen-bond acceptors (Lipinski definition) is 5. The quantitative estimate of drug-likeness (QED) is 0.0712. The predicted octanol–water partition coefficient (Wildman–Crippen LogP) is 17.3. The van der Waals surface area contributed by atoms with Crippen LogP contribution in [0, 0.1) is 0 Å². The van der Waals surface area contributed by atoms with Crippen LogP contribution in [0.3, 0.4) is 0 Å². The highest BCUT2D eigenvalue weighted by molar-refractivity contribution is 7.21. The second-order valence-corrected chi connectivity index (χ2v) is 41.4. The molecule has 0 aliphatic heterocycles. The van der Waals surface area contributed by atoms with Crippen LogP contribution in [-0.2, 0) is 0 Å². The van der Waals surface area contributed by atoms with E-state index in [1.165, 1.54) is 62.2 Å². The Morgan fingerprint density at radius 3 is 0.939 bits per heavy atom. The van der Waals surface area contributed by atoms with Gasteiger partial charge in [0.1, 0.15) is 22.3 Å². The molecule has 0 N–H and O–H groups in total. The average Bonchev–Trinajstić information content (AvgIpc) is 1.53. The van der Waals surface area contributed by atoms with Crippen molar-refractivity contribution in [3.8, 4) is 34.4 Å². The molecule has 0 saturated heterocycles. The van der Waals surface area contributed by atoms with Crippen molar-refractivity contribution in [3.05, 3.63) is 431 Å². The van der Waals surface area contributed by atoms with E-state index < -0.39 is 24.2 Å². The van der Waals surface area contributed by atoms with Crippen LogP contribution in [0.25, 0.3) is 122 Å². The fourth-order valence-electron chi connectivity index (χ4n) is 19.1. The predicted molar refractivity (Wildman–Crippen MR) is 485 cm³/mol. The van der Waals surface area contributed by atoms with Crippen molar-refractivity contribution in [1.29, 1.82) is 0 Å². The monoisotopic (exact) mass is 1520 g/mol. The lowest BCUT2D eigenvalue weighted by Crippen LogP contribution is -2.74. The Morgan fingerprint density at radius 1 is 0.200 bits per heavy atom. The lowest BCUT2D eigenvalue weighted by molar-refractivity contribution is 0.668. The standard InChI is InChI=1S/C105H71N5O2Si3/c1-8-32-75(33-9-1)113(76-34-10-2-11-35-76,77-36-12-3-13-37-77)84-46-30-31-74(69-84)109-95-52-27-23-50-91(95)101-96(109)66-65-90-87-47-22-26-51-94(87)110(102(90)101)105-107-103(72-55-59-82(60-56-72)114(78-38-14-4-15-39-78,79-40-16-5-17-41-79)85-63-67-99-92(70-85)88-48-24-28-53-97(88)111-99)106-104(108-105)73-57-61-83(62-58-73)115(80-42-18-6-19-43-80,81-44-20-7-21-45-81)86-64-68-100-93(71-86)89-49-25-29-54-98(89)112-100/h1-71H. The molecule has 0 spiro atoms. The Morgan fingerprint density at radius 2 is 0.522 bits per heavy atom. The summed E-state index contributed by atoms with van der Waals surface area (Å²) in [6, 6.07) is 159. The summed E-state index contributed by atoms with van der Waals surface area (Å²) in [5.41, 5.74) is 10.4. The van der Waals surface area contributed by atoms with Crippen molar-refractivity contribution in [1.82, 2.24) is 24.1 Å². The number of rotatable bonds is 16. The maximum atomic E-state index is 6.53. The van der Waals surface area contributed by atoms with Crippen molar-refractivity contribution in [3.63, 3.8) is 0 Å². The molecule has 0 saturated carbocycles. The molecule has 115 heavy (non-hydrogen) atoms. The molecule has 0 fully saturated rings. The van der Waals surface area contributed by atoms with Crippen LogP contribution in [0.2, 0.25) is 0 Å². The van der Waals surface area contributed by atoms with Gasteiger partial charge in [0.2, 0.25) is 5.95 Å². The second kappa shape index (κ2) is 27.5. The third-order valence-corrected chi connectivity index (χ3v) is 38.4. The van der Waals surface area contributed by atoms with Crippen molar-refractivity contribution < 1.29 is 8.83 Å². The Hall–Kier alpha value is -14.4. The maximum absolute atomic E-state index is 6.53. The summed E-state index contributed by atoms with van der Waals surface area (Å²) in [5.74, 6) is 1.60. The molecule has 0 unspecified atom stereocenters. The average molecular weight is 1520 g/mol. The second-order valence-electron chi connectivity index (χ2n) is 30.0. The van der Waals surface area contributed by atoms with E-state index in [9.17, 15) is 0 Å². The minimum absolute atomic E-state index is 0.505. The first kappa shape index (κ1) is 67.5. The number of nitrogens with zero attached hydrogens (tertiary/aromatic N) is 5. The van der Waals surface area contributed by atoms with E-state index in [-0.39, 0.29) is 0 Å². The third kappa shape index (κ3) is 10.6. The number of benzene rings is 17. The van der Waals surface area contributed by atoms with Gasteiger partial charge in [-0.05, 0) is 117 Å². The molecule has 0 atom stereocenters. The van der Waals surface area contributed by atoms with Crippen molar-refractivity contribution in [2.24, 2.45) is 0 Å². The Balaban J connectivity index is 0.777. The molecule has 0 bridgehead atoms. The molecule has 17 aromatic carbocycles. The molecule has 0 amide bonds. The van der Waals surface area contributed by atoms with E-state index >= 15 is 0 Å². The molecule has 7 nitrogen and oxygen atoms in total. The summed E-state index contributed by atoms with van der Waals surface area (Å²) in [6.45, 7) is 0. The minimum atomic E-state index is -3.13. The van der Waals surface area contributed by atoms with Gasteiger partial charge in [0.05, 0.1) is 22.1 Å². The Labute approximate surface area is 667 Å². The van der Waals surface area contributed by atoms with Crippen LogP contribution < -0.4 is 62.2 Å². The number of aromatic nitrogens is 5. The summed E-state index contributed by atoms with van der Waals surface area (Å²) < 4.78 is 17.9. The van der Waals surface area contributed by atoms with Gasteiger partial charge in [-0.1, -0.05) is 376 Å². The topological polar surface area (TPSA) is 74.8 Å². The van der Waals surface area contributed by atoms with Gasteiger partial charge in [0.15, 0.2) is 35.9 Å². The summed E-state index contributed by atoms with van der Waals surface area (Å²) >= 11 is 0. The van der Waals surface area contributed by atoms with E-state index in [4.69, 9.17) is 23.8 Å². The highest BCUT2D eigenvalue weighted by Crippen LogP contribution is 2.43. The van der Waals surface area contributed by atoms with Crippen molar-refractivity contribution in [2.75, 3.05) is 0 Å². The van der Waals surface area contributed by atoms with E-state index in [1.807, 2.05) is 12.1 Å². The van der Waals surface area contributed by atoms with Gasteiger partial charge in [-0.2, -0.15) is 9.97 Å². The Kier molecular flexibility index (Phi) is 16.1. The lowest BCUT2D eigenvalue weighted by Gasteiger charge is -2.34. The normalized spacial score (nSPS) is 12.2. The SMILES string of the molecule is c1ccc([Si](c2ccccc2)(c2ccccc2)c2cccc(-n3c4ccccc4c4c3ccc3c5ccccc5n(-c5nc(-c6ccc([Si](c7ccccc7)(c7ccccc7)c7ccc8oc9ccccc9c8c7)cc6)nc(-c6ccc([Si](c7ccccc7)(c7ccccc7)c7ccc8oc9ccccc9c8c7)cc6)n5)c34)c2)cc1. The smallest absolute Gasteiger partial charge is 0.238 e. The molecule has 540 valence electrons. The van der Waals surface area contributed by atoms with Crippen LogP contribution in [0.5, 0.6) is 0 Å². The highest BCUT2D eigenvalue weighted by Gasteiger charge is 2.45. The van der Waals surface area contributed by atoms with E-state index in [2.05, 4.69) is 428 Å². The summed E-state index contributed by atoms with van der Waals surface area (Å²) in [6.07, 6.45) is 0. The lowest BCUT2D eigenvalue weighted by atomic mass is 10.1. The largest absolute Gasteiger partial charge is 0.456 e. The van der Waals surface area contributed by atoms with Crippen LogP contribution in [0.4, 0.5) is 0 Å². The summed E-state index contributed by atoms with van der Waals surface area (Å²) in [5, 5.41) is 24.0. The van der Waals surface area contributed by atoms with Gasteiger partial charge in [-0.15, -0.1) is 0 Å². The first-order chi connectivity index (χ1) is 57.0. The number of hydrogen-bond donors (Lipinski definition) is 0. The zero-order chi connectivity index (χ0) is 76.0. The number of para-hydroxylation sites is 4. The first-order valence-electron chi connectivity index (χ1n) is 39.3. The van der Waals surface area contributed by atoms with E-state index in [0.29, 0.717) is 17.6 Å². The number of furan rings is 2. The van der Waals surface area contributed by atoms with Gasteiger partial charge >= 0.3 is 0 Å². The van der Waals surface area contributed by atoms with Gasteiger partial charge in [-0.25, -0.2) is 4.98 Å². The summed E-state index contributed by atoms with van der Waals surface area (Å²) in [4.78, 5) is 17.4. The fraction of sp³-hybridized carbons (Fsp3) is 0. The molecular weight excluding hydrogens is 1450 g/mol. The van der Waals surface area contributed by atoms with E-state index in [1.54, 1.807) is 0 Å². The van der Waals surface area contributed by atoms with Crippen LogP contribution >= 0.6 is 0 Å². The van der Waals surface area contributed by atoms with E-state index in [0.717, 1.165) is 104 Å². The molecular formula is C105H71N5O2Si3. The van der Waals surface area contributed by atoms with Crippen molar-refractivity contribution in [2.45, 2.75) is 0 Å². The summed E-state index contributed by atoms with van der Waals surface area (Å²) in [7, 11) is -9.22. The van der Waals surface area contributed by atoms with Gasteiger partial charge in [0, 0.05) is 59.9 Å². The minimum Gasteiger partial charge on any atom is -0.456 e. The van der Waals surface area contributed by atoms with Gasteiger partial charge in [0.25, 0.3) is 0 Å². The molecule has 5 heterocycles. The highest BCUT2D eigenvalue weighted by atomic mass is 28.3. The molecule has 0 aliphatic carbocycles. The van der Waals surface area contributed by atoms with Gasteiger partial charge < -0.3 is 13.4 Å². The molecule has 22 rings (SSSR count). The fourth-order valence-corrected chi connectivity index (χ4v) is 33.3. The first-order valence-corrected chi connectivity index (χ1v) is 45.3. The molecule has 10 heteroatoms. The van der Waals surface area contributed by atoms with Gasteiger partial charge in [-0.3, -0.25) is 4.57 Å². The molecule has 5 aromatic heterocycles. The Bertz CT molecular complexity index is 7010. The maximum Gasteiger partial charge on any atom is 0.238 e. The van der Waals surface area contributed by atoms with Crippen LogP contribution in [0.15, 0.2) is 440 Å². The van der Waals surface area contributed by atoms with Crippen LogP contribution in [0.1, 0.15) is 0 Å². The molecule has 0 aliphatic rings. The third-order valence-electron chi connectivity index (χ3n) is 24.1. The zero-order valence-corrected chi connectivity index (χ0v) is 65.5. The van der Waals surface area contributed by atoms with Crippen LogP contribution in [-0.4, -0.2) is 48.3 Å². The number of fused-ring (bicyclic) bond motifs is 13. The van der Waals surface area contributed by atoms with Crippen molar-refractivity contribution >= 4 is 174 Å². The molecule has 22 aromatic rings. The molecule has 0 radical (unpaired) electrons.